The first kappa shape index (κ1) is 24.8. The molecule has 0 aliphatic heterocycles. The molecule has 38 heavy (non-hydrogen) atoms. The molecule has 1 N–H and O–H groups in total. The van der Waals surface area contributed by atoms with Crippen molar-refractivity contribution in [3.05, 3.63) is 111 Å². The number of carbonyl (C=O) groups excluding carboxylic acids is 1. The second-order valence-electron chi connectivity index (χ2n) is 9.87. The molecule has 0 bridgehead atoms. The largest absolute Gasteiger partial charge is 0.340 e. The number of aromatic nitrogens is 3. The number of hydrogen-bond acceptors (Lipinski definition) is 3. The molecule has 0 radical (unpaired) electrons. The van der Waals surface area contributed by atoms with Crippen LogP contribution in [0, 0.1) is 5.82 Å². The smallest absolute Gasteiger partial charge is 0.272 e. The van der Waals surface area contributed by atoms with Gasteiger partial charge in [-0.25, -0.2) is 9.07 Å². The van der Waals surface area contributed by atoms with Gasteiger partial charge in [-0.15, -0.1) is 0 Å². The summed E-state index contributed by atoms with van der Waals surface area (Å²) in [5, 5.41) is 8.96. The van der Waals surface area contributed by atoms with Crippen LogP contribution in [0.1, 0.15) is 65.1 Å². The Morgan fingerprint density at radius 1 is 1.00 bits per heavy atom. The number of amides is 1. The van der Waals surface area contributed by atoms with Gasteiger partial charge in [-0.3, -0.25) is 9.78 Å². The molecule has 6 rings (SSSR count). The van der Waals surface area contributed by atoms with Crippen molar-refractivity contribution in [2.45, 2.75) is 44.1 Å². The molecule has 0 spiro atoms. The van der Waals surface area contributed by atoms with E-state index in [2.05, 4.69) is 16.4 Å². The van der Waals surface area contributed by atoms with E-state index in [1.807, 2.05) is 24.3 Å². The van der Waals surface area contributed by atoms with E-state index >= 15 is 0 Å². The quantitative estimate of drug-likeness (QED) is 0.265. The Kier molecular flexibility index (Phi) is 6.54. The molecule has 1 amide bonds. The van der Waals surface area contributed by atoms with Gasteiger partial charge >= 0.3 is 0 Å². The zero-order chi connectivity index (χ0) is 26.3. The monoisotopic (exact) mass is 546 g/mol. The molecule has 5 nitrogen and oxygen atoms in total. The normalized spacial score (nSPS) is 17.1. The highest BCUT2D eigenvalue weighted by Gasteiger charge is 2.47. The van der Waals surface area contributed by atoms with Crippen LogP contribution in [0.2, 0.25) is 10.0 Å². The third kappa shape index (κ3) is 4.74. The average Bonchev–Trinajstić information content (AvgIpc) is 3.65. The fourth-order valence-corrected chi connectivity index (χ4v) is 5.42. The minimum Gasteiger partial charge on any atom is -0.340 e. The van der Waals surface area contributed by atoms with E-state index in [9.17, 15) is 9.18 Å². The number of rotatable bonds is 5. The van der Waals surface area contributed by atoms with Crippen LogP contribution in [0.25, 0.3) is 17.3 Å². The number of hydrogen-bond donors (Lipinski definition) is 1. The van der Waals surface area contributed by atoms with Gasteiger partial charge in [0, 0.05) is 11.8 Å². The maximum atomic E-state index is 13.8. The van der Waals surface area contributed by atoms with Gasteiger partial charge in [0.15, 0.2) is 5.69 Å². The standard InChI is InChI=1S/C30H25Cl2FN4O/c31-24-13-12-22(18-25(24)32)37-28-20(17-19-8-10-21(33)11-9-19)5-1-2-6-23(28)27(36-37)29(38)35-30(14-15-30)26-7-3-4-16-34-26/h3-4,7-13,16-18H,1-2,5-6,14-15H2,(H,35,38)/b20-17+. The van der Waals surface area contributed by atoms with Gasteiger partial charge in [0.1, 0.15) is 5.82 Å². The van der Waals surface area contributed by atoms with E-state index in [1.165, 1.54) is 12.1 Å². The lowest BCUT2D eigenvalue weighted by Gasteiger charge is -2.16. The van der Waals surface area contributed by atoms with Crippen LogP contribution >= 0.6 is 23.2 Å². The van der Waals surface area contributed by atoms with Crippen molar-refractivity contribution in [2.75, 3.05) is 0 Å². The van der Waals surface area contributed by atoms with Crippen LogP contribution in [0.3, 0.4) is 0 Å². The van der Waals surface area contributed by atoms with Gasteiger partial charge in [-0.1, -0.05) is 41.4 Å². The van der Waals surface area contributed by atoms with Gasteiger partial charge in [0.2, 0.25) is 0 Å². The minimum absolute atomic E-state index is 0.216. The molecule has 0 atom stereocenters. The van der Waals surface area contributed by atoms with E-state index in [-0.39, 0.29) is 11.7 Å². The summed E-state index contributed by atoms with van der Waals surface area (Å²) in [7, 11) is 0. The maximum Gasteiger partial charge on any atom is 0.272 e. The molecule has 2 aliphatic rings. The summed E-state index contributed by atoms with van der Waals surface area (Å²) in [6.45, 7) is 0. The molecule has 2 aromatic heterocycles. The molecule has 2 heterocycles. The Morgan fingerprint density at radius 3 is 2.50 bits per heavy atom. The summed E-state index contributed by atoms with van der Waals surface area (Å²) in [5.74, 6) is -0.498. The average molecular weight is 547 g/mol. The van der Waals surface area contributed by atoms with Crippen LogP contribution < -0.4 is 5.32 Å². The van der Waals surface area contributed by atoms with Crippen molar-refractivity contribution in [1.29, 1.82) is 0 Å². The fourth-order valence-electron chi connectivity index (χ4n) is 5.13. The summed E-state index contributed by atoms with van der Waals surface area (Å²) in [6.07, 6.45) is 8.88. The van der Waals surface area contributed by atoms with Crippen molar-refractivity contribution >= 4 is 40.8 Å². The first-order valence-corrected chi connectivity index (χ1v) is 13.5. The molecular weight excluding hydrogens is 522 g/mol. The molecule has 4 aromatic rings. The highest BCUT2D eigenvalue weighted by atomic mass is 35.5. The highest BCUT2D eigenvalue weighted by Crippen LogP contribution is 2.45. The molecule has 1 fully saturated rings. The molecular formula is C30H25Cl2FN4O. The Labute approximate surface area is 230 Å². The number of nitrogens with one attached hydrogen (secondary N) is 1. The lowest BCUT2D eigenvalue weighted by Crippen LogP contribution is -2.36. The second-order valence-corrected chi connectivity index (χ2v) is 10.7. The molecule has 0 unspecified atom stereocenters. The van der Waals surface area contributed by atoms with Gasteiger partial charge in [0.25, 0.3) is 5.91 Å². The van der Waals surface area contributed by atoms with E-state index < -0.39 is 5.54 Å². The Morgan fingerprint density at radius 2 is 1.79 bits per heavy atom. The van der Waals surface area contributed by atoms with Crippen molar-refractivity contribution in [1.82, 2.24) is 20.1 Å². The third-order valence-electron chi connectivity index (χ3n) is 7.24. The number of fused-ring (bicyclic) bond motifs is 1. The predicted octanol–water partition coefficient (Wildman–Crippen LogP) is 7.40. The number of nitrogens with zero attached hydrogens (tertiary/aromatic N) is 3. The van der Waals surface area contributed by atoms with E-state index in [0.717, 1.165) is 66.6 Å². The molecule has 1 saturated carbocycles. The van der Waals surface area contributed by atoms with E-state index in [4.69, 9.17) is 28.3 Å². The number of benzene rings is 2. The number of carbonyl (C=O) groups is 1. The number of pyridine rings is 1. The lowest BCUT2D eigenvalue weighted by molar-refractivity contribution is 0.0923. The molecule has 0 saturated heterocycles. The summed E-state index contributed by atoms with van der Waals surface area (Å²) < 4.78 is 15.4. The van der Waals surface area contributed by atoms with Gasteiger partial charge in [-0.2, -0.15) is 5.10 Å². The van der Waals surface area contributed by atoms with Gasteiger partial charge in [0.05, 0.1) is 32.7 Å². The highest BCUT2D eigenvalue weighted by molar-refractivity contribution is 6.42. The molecule has 2 aromatic carbocycles. The van der Waals surface area contributed by atoms with Crippen molar-refractivity contribution in [3.8, 4) is 5.69 Å². The lowest BCUT2D eigenvalue weighted by atomic mass is 10.0. The van der Waals surface area contributed by atoms with Crippen molar-refractivity contribution in [3.63, 3.8) is 0 Å². The summed E-state index contributed by atoms with van der Waals surface area (Å²) >= 11 is 12.6. The van der Waals surface area contributed by atoms with Crippen LogP contribution in [-0.2, 0) is 12.0 Å². The first-order valence-electron chi connectivity index (χ1n) is 12.7. The van der Waals surface area contributed by atoms with Crippen LogP contribution in [0.5, 0.6) is 0 Å². The molecule has 2 aliphatic carbocycles. The van der Waals surface area contributed by atoms with Gasteiger partial charge < -0.3 is 5.32 Å². The fraction of sp³-hybridized carbons (Fsp3) is 0.233. The minimum atomic E-state index is -0.462. The van der Waals surface area contributed by atoms with Crippen molar-refractivity contribution in [2.24, 2.45) is 0 Å². The Hall–Kier alpha value is -3.48. The summed E-state index contributed by atoms with van der Waals surface area (Å²) in [6, 6.07) is 17.5. The zero-order valence-electron chi connectivity index (χ0n) is 20.6. The predicted molar refractivity (Wildman–Crippen MR) is 148 cm³/mol. The molecule has 192 valence electrons. The summed E-state index contributed by atoms with van der Waals surface area (Å²) in [5.41, 5.74) is 5.21. The first-order chi connectivity index (χ1) is 18.4. The maximum absolute atomic E-state index is 13.8. The third-order valence-corrected chi connectivity index (χ3v) is 7.98. The van der Waals surface area contributed by atoms with Gasteiger partial charge in [-0.05, 0) is 98.2 Å². The SMILES string of the molecule is O=C(NC1(c2ccccn2)CC1)c1nn(-c2ccc(Cl)c(Cl)c2)c2c1CCCC/C2=C\c1ccc(F)cc1. The van der Waals surface area contributed by atoms with Crippen LogP contribution in [0.15, 0.2) is 66.9 Å². The van der Waals surface area contributed by atoms with Crippen molar-refractivity contribution < 1.29 is 9.18 Å². The number of allylic oxidation sites excluding steroid dienone is 1. The topological polar surface area (TPSA) is 59.8 Å². The van der Waals surface area contributed by atoms with Crippen LogP contribution in [0.4, 0.5) is 4.39 Å². The Balaban J connectivity index is 1.47. The number of halogens is 3. The second kappa shape index (κ2) is 10.0. The Bertz CT molecular complexity index is 1540. The molecule has 8 heteroatoms. The summed E-state index contributed by atoms with van der Waals surface area (Å²) in [4.78, 5) is 18.3. The van der Waals surface area contributed by atoms with E-state index in [1.54, 1.807) is 35.1 Å². The van der Waals surface area contributed by atoms with Crippen LogP contribution in [-0.4, -0.2) is 20.7 Å². The zero-order valence-corrected chi connectivity index (χ0v) is 22.1. The van der Waals surface area contributed by atoms with E-state index in [0.29, 0.717) is 21.4 Å².